The van der Waals surface area contributed by atoms with E-state index < -0.39 is 0 Å². The predicted octanol–water partition coefficient (Wildman–Crippen LogP) is 1.70. The molecule has 0 heterocycles. The number of hydrogen-bond donors (Lipinski definition) is 1. The standard InChI is InChI=1S/C10H24N2/c1-5-12(9(2)3)7-6-10(4)8-11/h9-10H,5-8,11H2,1-4H3. The van der Waals surface area contributed by atoms with Crippen LogP contribution < -0.4 is 5.73 Å². The van der Waals surface area contributed by atoms with Gasteiger partial charge < -0.3 is 10.6 Å². The molecule has 2 nitrogen and oxygen atoms in total. The van der Waals surface area contributed by atoms with Gasteiger partial charge in [0.2, 0.25) is 0 Å². The highest BCUT2D eigenvalue weighted by atomic mass is 15.1. The molecule has 0 radical (unpaired) electrons. The lowest BCUT2D eigenvalue weighted by Crippen LogP contribution is -2.33. The number of rotatable bonds is 6. The first-order chi connectivity index (χ1) is 5.61. The quantitative estimate of drug-likeness (QED) is 0.661. The minimum Gasteiger partial charge on any atom is -0.330 e. The fraction of sp³-hybridized carbons (Fsp3) is 1.00. The van der Waals surface area contributed by atoms with E-state index in [9.17, 15) is 0 Å². The summed E-state index contributed by atoms with van der Waals surface area (Å²) in [6, 6.07) is 0.667. The lowest BCUT2D eigenvalue weighted by atomic mass is 10.1. The SMILES string of the molecule is CCN(CCC(C)CN)C(C)C. The molecule has 0 aromatic carbocycles. The lowest BCUT2D eigenvalue weighted by Gasteiger charge is -2.25. The molecule has 0 amide bonds. The number of nitrogens with two attached hydrogens (primary N) is 1. The van der Waals surface area contributed by atoms with Crippen molar-refractivity contribution in [2.75, 3.05) is 19.6 Å². The van der Waals surface area contributed by atoms with E-state index in [0.717, 1.165) is 13.1 Å². The third-order valence-corrected chi connectivity index (χ3v) is 2.45. The van der Waals surface area contributed by atoms with Gasteiger partial charge in [-0.3, -0.25) is 0 Å². The van der Waals surface area contributed by atoms with Crippen LogP contribution in [0, 0.1) is 5.92 Å². The zero-order valence-corrected chi connectivity index (χ0v) is 9.01. The molecule has 0 bridgehead atoms. The van der Waals surface area contributed by atoms with E-state index in [2.05, 4.69) is 32.6 Å². The van der Waals surface area contributed by atoms with Crippen molar-refractivity contribution in [1.82, 2.24) is 4.90 Å². The maximum atomic E-state index is 5.56. The molecule has 12 heavy (non-hydrogen) atoms. The van der Waals surface area contributed by atoms with E-state index >= 15 is 0 Å². The second-order valence-electron chi connectivity index (χ2n) is 3.85. The molecule has 2 heteroatoms. The van der Waals surface area contributed by atoms with Gasteiger partial charge >= 0.3 is 0 Å². The minimum absolute atomic E-state index is 0.665. The molecular weight excluding hydrogens is 148 g/mol. The molecule has 0 spiro atoms. The van der Waals surface area contributed by atoms with Crippen LogP contribution in [0.15, 0.2) is 0 Å². The fourth-order valence-electron chi connectivity index (χ4n) is 1.29. The van der Waals surface area contributed by atoms with Crippen LogP contribution in [0.2, 0.25) is 0 Å². The van der Waals surface area contributed by atoms with Gasteiger partial charge in [-0.2, -0.15) is 0 Å². The van der Waals surface area contributed by atoms with Gasteiger partial charge in [-0.15, -0.1) is 0 Å². The zero-order chi connectivity index (χ0) is 9.56. The molecule has 0 fully saturated rings. The van der Waals surface area contributed by atoms with Gasteiger partial charge in [0.05, 0.1) is 0 Å². The molecule has 0 saturated carbocycles. The summed E-state index contributed by atoms with van der Waals surface area (Å²) in [7, 11) is 0. The molecule has 1 atom stereocenters. The molecule has 0 aliphatic carbocycles. The van der Waals surface area contributed by atoms with Gasteiger partial charge in [0.15, 0.2) is 0 Å². The van der Waals surface area contributed by atoms with Crippen LogP contribution in [-0.2, 0) is 0 Å². The molecule has 0 aliphatic rings. The van der Waals surface area contributed by atoms with E-state index in [1.807, 2.05) is 0 Å². The van der Waals surface area contributed by atoms with Crippen molar-refractivity contribution in [3.63, 3.8) is 0 Å². The third kappa shape index (κ3) is 4.73. The summed E-state index contributed by atoms with van der Waals surface area (Å²) >= 11 is 0. The van der Waals surface area contributed by atoms with Gasteiger partial charge in [-0.05, 0) is 45.8 Å². The lowest BCUT2D eigenvalue weighted by molar-refractivity contribution is 0.219. The molecular formula is C10H24N2. The van der Waals surface area contributed by atoms with Crippen molar-refractivity contribution in [1.29, 1.82) is 0 Å². The summed E-state index contributed by atoms with van der Waals surface area (Å²) in [4.78, 5) is 2.48. The summed E-state index contributed by atoms with van der Waals surface area (Å²) in [5, 5.41) is 0. The van der Waals surface area contributed by atoms with E-state index in [1.165, 1.54) is 13.0 Å². The Balaban J connectivity index is 3.58. The van der Waals surface area contributed by atoms with Crippen LogP contribution in [0.5, 0.6) is 0 Å². The van der Waals surface area contributed by atoms with E-state index in [1.54, 1.807) is 0 Å². The second-order valence-corrected chi connectivity index (χ2v) is 3.85. The Morgan fingerprint density at radius 1 is 1.25 bits per heavy atom. The van der Waals surface area contributed by atoms with Crippen molar-refractivity contribution in [2.45, 2.75) is 40.2 Å². The Labute approximate surface area is 77.1 Å². The van der Waals surface area contributed by atoms with E-state index in [-0.39, 0.29) is 0 Å². The average molecular weight is 172 g/mol. The molecule has 0 aliphatic heterocycles. The van der Waals surface area contributed by atoms with Crippen molar-refractivity contribution in [3.05, 3.63) is 0 Å². The van der Waals surface area contributed by atoms with Crippen LogP contribution in [0.25, 0.3) is 0 Å². The normalized spacial score (nSPS) is 14.2. The fourth-order valence-corrected chi connectivity index (χ4v) is 1.29. The van der Waals surface area contributed by atoms with Crippen LogP contribution in [0.3, 0.4) is 0 Å². The van der Waals surface area contributed by atoms with E-state index in [0.29, 0.717) is 12.0 Å². The first kappa shape index (κ1) is 11.9. The summed E-state index contributed by atoms with van der Waals surface area (Å²) in [5.41, 5.74) is 5.56. The first-order valence-electron chi connectivity index (χ1n) is 5.05. The second kappa shape index (κ2) is 6.44. The Bertz CT molecular complexity index is 102. The van der Waals surface area contributed by atoms with Gasteiger partial charge in [-0.25, -0.2) is 0 Å². The van der Waals surface area contributed by atoms with Gasteiger partial charge in [0.25, 0.3) is 0 Å². The van der Waals surface area contributed by atoms with Crippen molar-refractivity contribution < 1.29 is 0 Å². The highest BCUT2D eigenvalue weighted by Crippen LogP contribution is 2.04. The summed E-state index contributed by atoms with van der Waals surface area (Å²) in [5.74, 6) is 0.665. The van der Waals surface area contributed by atoms with Gasteiger partial charge in [0, 0.05) is 6.04 Å². The first-order valence-corrected chi connectivity index (χ1v) is 5.05. The van der Waals surface area contributed by atoms with E-state index in [4.69, 9.17) is 5.73 Å². The zero-order valence-electron chi connectivity index (χ0n) is 9.01. The molecule has 2 N–H and O–H groups in total. The largest absolute Gasteiger partial charge is 0.330 e. The number of nitrogens with zero attached hydrogens (tertiary/aromatic N) is 1. The van der Waals surface area contributed by atoms with Crippen molar-refractivity contribution >= 4 is 0 Å². The highest BCUT2D eigenvalue weighted by Gasteiger charge is 2.07. The minimum atomic E-state index is 0.665. The van der Waals surface area contributed by atoms with Crippen LogP contribution in [0.4, 0.5) is 0 Å². The maximum absolute atomic E-state index is 5.56. The van der Waals surface area contributed by atoms with Crippen molar-refractivity contribution in [3.8, 4) is 0 Å². The van der Waals surface area contributed by atoms with Crippen LogP contribution in [0.1, 0.15) is 34.1 Å². The Hall–Kier alpha value is -0.0800. The summed E-state index contributed by atoms with van der Waals surface area (Å²) in [6.07, 6.45) is 1.22. The number of hydrogen-bond acceptors (Lipinski definition) is 2. The molecule has 1 unspecified atom stereocenters. The predicted molar refractivity (Wildman–Crippen MR) is 55.2 cm³/mol. The topological polar surface area (TPSA) is 29.3 Å². The monoisotopic (exact) mass is 172 g/mol. The van der Waals surface area contributed by atoms with Crippen molar-refractivity contribution in [2.24, 2.45) is 11.7 Å². The third-order valence-electron chi connectivity index (χ3n) is 2.45. The average Bonchev–Trinajstić information content (AvgIpc) is 2.04. The molecule has 0 aromatic rings. The van der Waals surface area contributed by atoms with Crippen LogP contribution in [-0.4, -0.2) is 30.6 Å². The highest BCUT2D eigenvalue weighted by molar-refractivity contribution is 4.63. The summed E-state index contributed by atoms with van der Waals surface area (Å²) in [6.45, 7) is 12.1. The van der Waals surface area contributed by atoms with Gasteiger partial charge in [-0.1, -0.05) is 13.8 Å². The Morgan fingerprint density at radius 3 is 2.17 bits per heavy atom. The van der Waals surface area contributed by atoms with Crippen LogP contribution >= 0.6 is 0 Å². The Morgan fingerprint density at radius 2 is 1.83 bits per heavy atom. The Kier molecular flexibility index (Phi) is 6.39. The van der Waals surface area contributed by atoms with Gasteiger partial charge in [0.1, 0.15) is 0 Å². The molecule has 0 saturated heterocycles. The smallest absolute Gasteiger partial charge is 0.00384 e. The summed E-state index contributed by atoms with van der Waals surface area (Å²) < 4.78 is 0. The molecule has 0 aromatic heterocycles. The molecule has 0 rings (SSSR count). The maximum Gasteiger partial charge on any atom is 0.00384 e. The molecule has 74 valence electrons.